The van der Waals surface area contributed by atoms with E-state index in [2.05, 4.69) is 0 Å². The zero-order valence-corrected chi connectivity index (χ0v) is 14.3. The number of benzene rings is 2. The van der Waals surface area contributed by atoms with Crippen LogP contribution in [0.2, 0.25) is 6.55 Å². The lowest BCUT2D eigenvalue weighted by Crippen LogP contribution is -2.52. The monoisotopic (exact) mass is 315 g/mol. The Labute approximate surface area is 132 Å². The minimum Gasteiger partial charge on any atom is -0.336 e. The summed E-state index contributed by atoms with van der Waals surface area (Å²) in [5.74, 6) is -0.0938. The summed E-state index contributed by atoms with van der Waals surface area (Å²) in [6.45, 7) is 5.12. The van der Waals surface area contributed by atoms with Crippen LogP contribution in [0.1, 0.15) is 25.5 Å². The van der Waals surface area contributed by atoms with Crippen LogP contribution in [0.4, 0.5) is 4.11 Å². The van der Waals surface area contributed by atoms with Crippen molar-refractivity contribution in [3.63, 3.8) is 0 Å². The summed E-state index contributed by atoms with van der Waals surface area (Å²) >= 11 is 0. The molecular formula is C18H22FNOSi. The summed E-state index contributed by atoms with van der Waals surface area (Å²) in [6, 6.07) is 18.8. The van der Waals surface area contributed by atoms with Crippen LogP contribution in [0.3, 0.4) is 0 Å². The largest absolute Gasteiger partial charge is 0.336 e. The van der Waals surface area contributed by atoms with E-state index < -0.39 is 8.41 Å². The van der Waals surface area contributed by atoms with Gasteiger partial charge in [0.2, 0.25) is 5.91 Å². The number of hydrogen-bond donors (Lipinski definition) is 0. The first kappa shape index (κ1) is 16.4. The van der Waals surface area contributed by atoms with Gasteiger partial charge in [0.25, 0.3) is 8.41 Å². The molecule has 0 fully saturated rings. The molecule has 0 aromatic heterocycles. The average Bonchev–Trinajstić information content (AvgIpc) is 2.53. The molecule has 1 unspecified atom stereocenters. The Morgan fingerprint density at radius 2 is 1.59 bits per heavy atom. The highest BCUT2D eigenvalue weighted by Gasteiger charge is 2.35. The fourth-order valence-corrected chi connectivity index (χ4v) is 4.84. The molecule has 0 N–H and O–H groups in total. The van der Waals surface area contributed by atoms with Crippen molar-refractivity contribution >= 4 is 19.5 Å². The molecule has 0 aliphatic rings. The summed E-state index contributed by atoms with van der Waals surface area (Å²) in [4.78, 5) is 13.7. The summed E-state index contributed by atoms with van der Waals surface area (Å²) in [5, 5.41) is 0.724. The van der Waals surface area contributed by atoms with Gasteiger partial charge < -0.3 is 9.01 Å². The summed E-state index contributed by atoms with van der Waals surface area (Å²) in [7, 11) is -3.20. The molecule has 0 bridgehead atoms. The number of rotatable bonds is 5. The van der Waals surface area contributed by atoms with Crippen LogP contribution in [-0.4, -0.2) is 25.4 Å². The van der Waals surface area contributed by atoms with Gasteiger partial charge in [-0.25, -0.2) is 0 Å². The highest BCUT2D eigenvalue weighted by molar-refractivity contribution is 6.85. The van der Waals surface area contributed by atoms with E-state index in [1.165, 1.54) is 6.92 Å². The Kier molecular flexibility index (Phi) is 5.14. The van der Waals surface area contributed by atoms with E-state index in [1.54, 1.807) is 11.4 Å². The molecule has 2 aromatic carbocycles. The molecular weight excluding hydrogens is 293 g/mol. The number of nitrogens with zero attached hydrogens (tertiary/aromatic N) is 1. The molecule has 0 heterocycles. The summed E-state index contributed by atoms with van der Waals surface area (Å²) < 4.78 is 15.3. The van der Waals surface area contributed by atoms with Gasteiger partial charge in [0.15, 0.2) is 0 Å². The van der Waals surface area contributed by atoms with E-state index >= 15 is 4.11 Å². The molecule has 2 atom stereocenters. The topological polar surface area (TPSA) is 20.3 Å². The van der Waals surface area contributed by atoms with Crippen molar-refractivity contribution in [2.24, 2.45) is 0 Å². The van der Waals surface area contributed by atoms with Gasteiger partial charge in [-0.3, -0.25) is 4.79 Å². The minimum absolute atomic E-state index is 0.0938. The van der Waals surface area contributed by atoms with Crippen molar-refractivity contribution in [3.8, 4) is 0 Å². The third-order valence-corrected chi connectivity index (χ3v) is 6.47. The molecule has 22 heavy (non-hydrogen) atoms. The van der Waals surface area contributed by atoms with Gasteiger partial charge in [0, 0.05) is 13.1 Å². The van der Waals surface area contributed by atoms with Crippen molar-refractivity contribution in [2.45, 2.75) is 26.4 Å². The Balaban J connectivity index is 2.24. The maximum absolute atomic E-state index is 15.3. The van der Waals surface area contributed by atoms with Crippen molar-refractivity contribution in [3.05, 3.63) is 66.2 Å². The highest BCUT2D eigenvalue weighted by atomic mass is 28.4. The molecule has 0 spiro atoms. The van der Waals surface area contributed by atoms with Crippen molar-refractivity contribution in [2.75, 3.05) is 6.17 Å². The van der Waals surface area contributed by atoms with Gasteiger partial charge in [-0.1, -0.05) is 60.7 Å². The third kappa shape index (κ3) is 3.83. The Morgan fingerprint density at radius 3 is 2.09 bits per heavy atom. The van der Waals surface area contributed by atoms with Crippen molar-refractivity contribution in [1.82, 2.24) is 4.90 Å². The SMILES string of the molecule is CC(=O)N(C[Si](C)(F)c1ccccc1)[C@@H](C)c1ccccc1. The predicted molar refractivity (Wildman–Crippen MR) is 91.0 cm³/mol. The second-order valence-corrected chi connectivity index (χ2v) is 9.09. The van der Waals surface area contributed by atoms with Crippen LogP contribution in [0.5, 0.6) is 0 Å². The third-order valence-electron chi connectivity index (χ3n) is 4.00. The van der Waals surface area contributed by atoms with E-state index in [-0.39, 0.29) is 18.1 Å². The molecule has 116 valence electrons. The van der Waals surface area contributed by atoms with Crippen LogP contribution >= 0.6 is 0 Å². The normalized spacial score (nSPS) is 14.9. The van der Waals surface area contributed by atoms with E-state index in [4.69, 9.17) is 0 Å². The molecule has 0 radical (unpaired) electrons. The maximum atomic E-state index is 15.3. The molecule has 0 aliphatic carbocycles. The number of carbonyl (C=O) groups is 1. The van der Waals surface area contributed by atoms with Crippen molar-refractivity contribution < 1.29 is 8.90 Å². The highest BCUT2D eigenvalue weighted by Crippen LogP contribution is 2.22. The maximum Gasteiger partial charge on any atom is 0.293 e. The standard InChI is InChI=1S/C18H22FNOSi/c1-15(17-10-6-4-7-11-17)20(16(2)21)14-22(3,19)18-12-8-5-9-13-18/h4-13,15H,14H2,1-3H3/t15-,22?/m0/s1. The number of amides is 1. The number of carbonyl (C=O) groups excluding carboxylic acids is 1. The van der Waals surface area contributed by atoms with Gasteiger partial charge in [-0.15, -0.1) is 0 Å². The van der Waals surface area contributed by atoms with Crippen LogP contribution in [0.25, 0.3) is 0 Å². The second kappa shape index (κ2) is 6.88. The smallest absolute Gasteiger partial charge is 0.293 e. The molecule has 0 aliphatic heterocycles. The second-order valence-electron chi connectivity index (χ2n) is 5.80. The zero-order chi connectivity index (χ0) is 16.2. The van der Waals surface area contributed by atoms with Crippen LogP contribution in [0.15, 0.2) is 60.7 Å². The Morgan fingerprint density at radius 1 is 1.09 bits per heavy atom. The lowest BCUT2D eigenvalue weighted by molar-refractivity contribution is -0.130. The van der Waals surface area contributed by atoms with Crippen LogP contribution < -0.4 is 5.19 Å². The van der Waals surface area contributed by atoms with Gasteiger partial charge in [0.1, 0.15) is 0 Å². The van der Waals surface area contributed by atoms with Gasteiger partial charge in [-0.2, -0.15) is 0 Å². The zero-order valence-electron chi connectivity index (χ0n) is 13.3. The number of halogens is 1. The van der Waals surface area contributed by atoms with E-state index in [0.29, 0.717) is 0 Å². The Hall–Kier alpha value is -1.94. The first-order valence-electron chi connectivity index (χ1n) is 7.48. The van der Waals surface area contributed by atoms with E-state index in [9.17, 15) is 4.79 Å². The molecule has 2 aromatic rings. The van der Waals surface area contributed by atoms with E-state index in [1.807, 2.05) is 67.6 Å². The average molecular weight is 315 g/mol. The fraction of sp³-hybridized carbons (Fsp3) is 0.278. The van der Waals surface area contributed by atoms with Crippen LogP contribution in [-0.2, 0) is 4.79 Å². The van der Waals surface area contributed by atoms with Gasteiger partial charge >= 0.3 is 0 Å². The first-order valence-corrected chi connectivity index (χ1v) is 10.1. The lowest BCUT2D eigenvalue weighted by atomic mass is 10.1. The Bertz CT molecular complexity index is 615. The quantitative estimate of drug-likeness (QED) is 0.610. The molecule has 0 saturated carbocycles. The first-order chi connectivity index (χ1) is 10.4. The van der Waals surface area contributed by atoms with Gasteiger partial charge in [-0.05, 0) is 24.2 Å². The lowest BCUT2D eigenvalue weighted by Gasteiger charge is -2.33. The number of hydrogen-bond acceptors (Lipinski definition) is 1. The summed E-state index contributed by atoms with van der Waals surface area (Å²) in [5.41, 5.74) is 1.02. The summed E-state index contributed by atoms with van der Waals surface area (Å²) in [6.07, 6.45) is 0.169. The molecule has 4 heteroatoms. The van der Waals surface area contributed by atoms with E-state index in [0.717, 1.165) is 10.8 Å². The van der Waals surface area contributed by atoms with Crippen LogP contribution in [0, 0.1) is 0 Å². The molecule has 2 nitrogen and oxygen atoms in total. The predicted octanol–water partition coefficient (Wildman–Crippen LogP) is 3.59. The fourth-order valence-electron chi connectivity index (χ4n) is 2.63. The molecule has 0 saturated heterocycles. The van der Waals surface area contributed by atoms with Gasteiger partial charge in [0.05, 0.1) is 6.04 Å². The van der Waals surface area contributed by atoms with Crippen molar-refractivity contribution in [1.29, 1.82) is 0 Å². The molecule has 1 amide bonds. The molecule has 2 rings (SSSR count). The minimum atomic E-state index is -3.20.